The van der Waals surface area contributed by atoms with Crippen molar-refractivity contribution in [1.82, 2.24) is 10.2 Å². The molecular formula is C20H21FN2O4. The lowest BCUT2D eigenvalue weighted by molar-refractivity contribution is -0.127. The third-order valence-electron chi connectivity index (χ3n) is 4.57. The summed E-state index contributed by atoms with van der Waals surface area (Å²) in [6, 6.07) is 10.3. The number of phenolic OH excluding ortho intramolecular Hbond substituents is 1. The van der Waals surface area contributed by atoms with Gasteiger partial charge in [0.15, 0.2) is 11.5 Å². The molecule has 3 rings (SSSR count). The van der Waals surface area contributed by atoms with E-state index in [9.17, 15) is 19.1 Å². The van der Waals surface area contributed by atoms with Crippen LogP contribution in [-0.2, 0) is 11.2 Å². The smallest absolute Gasteiger partial charge is 0.251 e. The van der Waals surface area contributed by atoms with Crippen LogP contribution in [0, 0.1) is 5.82 Å². The lowest BCUT2D eigenvalue weighted by Crippen LogP contribution is -2.37. The Morgan fingerprint density at radius 3 is 2.70 bits per heavy atom. The van der Waals surface area contributed by atoms with Crippen molar-refractivity contribution >= 4 is 11.8 Å². The summed E-state index contributed by atoms with van der Waals surface area (Å²) in [5.74, 6) is -0.502. The first-order valence-corrected chi connectivity index (χ1v) is 8.66. The van der Waals surface area contributed by atoms with E-state index < -0.39 is 0 Å². The van der Waals surface area contributed by atoms with E-state index in [1.54, 1.807) is 23.1 Å². The number of ether oxygens (including phenoxy) is 1. The number of likely N-dealkylation sites (tertiary alicyclic amines) is 1. The van der Waals surface area contributed by atoms with Gasteiger partial charge in [-0.15, -0.1) is 0 Å². The normalized spacial score (nSPS) is 16.4. The number of nitrogens with one attached hydrogen (secondary N) is 1. The molecule has 1 atom stereocenters. The van der Waals surface area contributed by atoms with Crippen LogP contribution in [0.3, 0.4) is 0 Å². The van der Waals surface area contributed by atoms with Gasteiger partial charge in [0.2, 0.25) is 5.91 Å². The molecule has 27 heavy (non-hydrogen) atoms. The van der Waals surface area contributed by atoms with Gasteiger partial charge in [-0.25, -0.2) is 4.39 Å². The molecule has 0 spiro atoms. The molecule has 0 radical (unpaired) electrons. The fourth-order valence-electron chi connectivity index (χ4n) is 3.10. The summed E-state index contributed by atoms with van der Waals surface area (Å²) in [4.78, 5) is 26.2. The van der Waals surface area contributed by atoms with Crippen molar-refractivity contribution in [2.75, 3.05) is 20.2 Å². The summed E-state index contributed by atoms with van der Waals surface area (Å²) < 4.78 is 17.9. The highest BCUT2D eigenvalue weighted by atomic mass is 19.1. The standard InChI is InChI=1S/C20H21FN2O4/c1-27-18-7-4-14(10-17(18)24)20(26)22-16-11-19(25)23(12-16)9-8-13-2-5-15(21)6-3-13/h2-7,10,16,24H,8-9,11-12H2,1H3,(H,22,26)/t16-/m1/s1. The second-order valence-electron chi connectivity index (χ2n) is 6.48. The Morgan fingerprint density at radius 1 is 1.30 bits per heavy atom. The molecule has 1 aliphatic rings. The number of carbonyl (C=O) groups excluding carboxylic acids is 2. The van der Waals surface area contributed by atoms with Crippen LogP contribution < -0.4 is 10.1 Å². The van der Waals surface area contributed by atoms with Crippen LogP contribution in [0.4, 0.5) is 4.39 Å². The maximum absolute atomic E-state index is 12.9. The van der Waals surface area contributed by atoms with Crippen LogP contribution in [0.2, 0.25) is 0 Å². The van der Waals surface area contributed by atoms with Gasteiger partial charge in [-0.05, 0) is 42.3 Å². The molecule has 6 nitrogen and oxygen atoms in total. The quantitative estimate of drug-likeness (QED) is 0.814. The van der Waals surface area contributed by atoms with Gasteiger partial charge in [-0.2, -0.15) is 0 Å². The third kappa shape index (κ3) is 4.55. The van der Waals surface area contributed by atoms with Gasteiger partial charge in [-0.1, -0.05) is 12.1 Å². The van der Waals surface area contributed by atoms with E-state index in [0.29, 0.717) is 25.1 Å². The SMILES string of the molecule is COc1ccc(C(=O)N[C@@H]2CC(=O)N(CCc3ccc(F)cc3)C2)cc1O. The van der Waals surface area contributed by atoms with Crippen LogP contribution in [0.25, 0.3) is 0 Å². The summed E-state index contributed by atoms with van der Waals surface area (Å²) in [5.41, 5.74) is 1.25. The largest absolute Gasteiger partial charge is 0.504 e. The zero-order valence-electron chi connectivity index (χ0n) is 14.9. The molecule has 1 heterocycles. The summed E-state index contributed by atoms with van der Waals surface area (Å²) >= 11 is 0. The molecule has 1 saturated heterocycles. The summed E-state index contributed by atoms with van der Waals surface area (Å²) in [6.07, 6.45) is 0.857. The number of benzene rings is 2. The molecular weight excluding hydrogens is 351 g/mol. The van der Waals surface area contributed by atoms with Gasteiger partial charge in [0.1, 0.15) is 5.82 Å². The highest BCUT2D eigenvalue weighted by Gasteiger charge is 2.30. The highest BCUT2D eigenvalue weighted by Crippen LogP contribution is 2.26. The zero-order chi connectivity index (χ0) is 19.4. The number of amides is 2. The van der Waals surface area contributed by atoms with Gasteiger partial charge in [0, 0.05) is 25.1 Å². The number of hydrogen-bond donors (Lipinski definition) is 2. The Balaban J connectivity index is 1.54. The highest BCUT2D eigenvalue weighted by molar-refractivity contribution is 5.95. The van der Waals surface area contributed by atoms with Crippen LogP contribution in [0.15, 0.2) is 42.5 Å². The molecule has 1 fully saturated rings. The van der Waals surface area contributed by atoms with E-state index in [0.717, 1.165) is 5.56 Å². The molecule has 2 amide bonds. The average Bonchev–Trinajstić information content (AvgIpc) is 3.00. The van der Waals surface area contributed by atoms with Crippen molar-refractivity contribution in [3.05, 3.63) is 59.4 Å². The first-order valence-electron chi connectivity index (χ1n) is 8.66. The van der Waals surface area contributed by atoms with Gasteiger partial charge in [-0.3, -0.25) is 9.59 Å². The van der Waals surface area contributed by atoms with Gasteiger partial charge in [0.05, 0.1) is 13.2 Å². The number of halogens is 1. The molecule has 0 aromatic heterocycles. The Labute approximate surface area is 156 Å². The van der Waals surface area contributed by atoms with Crippen LogP contribution in [-0.4, -0.2) is 48.1 Å². The van der Waals surface area contributed by atoms with Crippen LogP contribution in [0.1, 0.15) is 22.3 Å². The van der Waals surface area contributed by atoms with Crippen LogP contribution >= 0.6 is 0 Å². The van der Waals surface area contributed by atoms with Crippen LogP contribution in [0.5, 0.6) is 11.5 Å². The van der Waals surface area contributed by atoms with E-state index in [1.165, 1.54) is 31.4 Å². The monoisotopic (exact) mass is 372 g/mol. The van der Waals surface area contributed by atoms with Crippen molar-refractivity contribution in [1.29, 1.82) is 0 Å². The molecule has 0 saturated carbocycles. The van der Waals surface area contributed by atoms with Crippen molar-refractivity contribution in [2.24, 2.45) is 0 Å². The van der Waals surface area contributed by atoms with E-state index in [-0.39, 0.29) is 41.6 Å². The minimum atomic E-state index is -0.355. The Kier molecular flexibility index (Phi) is 5.59. The van der Waals surface area contributed by atoms with E-state index in [2.05, 4.69) is 5.32 Å². The van der Waals surface area contributed by atoms with E-state index in [4.69, 9.17) is 4.74 Å². The molecule has 0 unspecified atom stereocenters. The molecule has 142 valence electrons. The minimum Gasteiger partial charge on any atom is -0.504 e. The second-order valence-corrected chi connectivity index (χ2v) is 6.48. The number of rotatable bonds is 6. The number of methoxy groups -OCH3 is 1. The molecule has 0 aliphatic carbocycles. The first kappa shape index (κ1) is 18.7. The Morgan fingerprint density at radius 2 is 2.04 bits per heavy atom. The molecule has 2 aromatic carbocycles. The predicted molar refractivity (Wildman–Crippen MR) is 97.2 cm³/mol. The summed E-state index contributed by atoms with van der Waals surface area (Å²) in [6.45, 7) is 0.939. The topological polar surface area (TPSA) is 78.9 Å². The zero-order valence-corrected chi connectivity index (χ0v) is 14.9. The second kappa shape index (κ2) is 8.07. The van der Waals surface area contributed by atoms with Gasteiger partial charge >= 0.3 is 0 Å². The average molecular weight is 372 g/mol. The van der Waals surface area contributed by atoms with Gasteiger partial charge in [0.25, 0.3) is 5.91 Å². The first-order chi connectivity index (χ1) is 13.0. The maximum atomic E-state index is 12.9. The predicted octanol–water partition coefficient (Wildman–Crippen LogP) is 2.11. The van der Waals surface area contributed by atoms with Gasteiger partial charge < -0.3 is 20.1 Å². The molecule has 2 N–H and O–H groups in total. The minimum absolute atomic E-state index is 0.0278. The number of aromatic hydroxyl groups is 1. The van der Waals surface area contributed by atoms with E-state index >= 15 is 0 Å². The van der Waals surface area contributed by atoms with E-state index in [1.807, 2.05) is 0 Å². The summed E-state index contributed by atoms with van der Waals surface area (Å²) in [7, 11) is 1.43. The molecule has 1 aliphatic heterocycles. The Hall–Kier alpha value is -3.09. The van der Waals surface area contributed by atoms with Crippen molar-refractivity contribution < 1.29 is 23.8 Å². The fourth-order valence-corrected chi connectivity index (χ4v) is 3.10. The Bertz CT molecular complexity index is 838. The van der Waals surface area contributed by atoms with Crippen molar-refractivity contribution in [3.63, 3.8) is 0 Å². The lowest BCUT2D eigenvalue weighted by atomic mass is 10.1. The maximum Gasteiger partial charge on any atom is 0.251 e. The number of hydrogen-bond acceptors (Lipinski definition) is 4. The third-order valence-corrected chi connectivity index (χ3v) is 4.57. The summed E-state index contributed by atoms with van der Waals surface area (Å²) in [5, 5.41) is 12.6. The fraction of sp³-hybridized carbons (Fsp3) is 0.300. The number of carbonyl (C=O) groups is 2. The molecule has 0 bridgehead atoms. The van der Waals surface area contributed by atoms with Crippen molar-refractivity contribution in [2.45, 2.75) is 18.9 Å². The lowest BCUT2D eigenvalue weighted by Gasteiger charge is -2.17. The van der Waals surface area contributed by atoms with Crippen molar-refractivity contribution in [3.8, 4) is 11.5 Å². The molecule has 2 aromatic rings. The number of phenols is 1. The molecule has 7 heteroatoms. The number of nitrogens with zero attached hydrogens (tertiary/aromatic N) is 1.